The summed E-state index contributed by atoms with van der Waals surface area (Å²) in [5, 5.41) is 2.56. The molecule has 0 saturated carbocycles. The van der Waals surface area contributed by atoms with Gasteiger partial charge in [0, 0.05) is 18.0 Å². The lowest BCUT2D eigenvalue weighted by Crippen LogP contribution is -2.27. The third-order valence-corrected chi connectivity index (χ3v) is 3.21. The van der Waals surface area contributed by atoms with Gasteiger partial charge in [0.1, 0.15) is 11.6 Å². The predicted octanol–water partition coefficient (Wildman–Crippen LogP) is 3.41. The third kappa shape index (κ3) is 3.95. The lowest BCUT2D eigenvalue weighted by atomic mass is 10.1. The van der Waals surface area contributed by atoms with Crippen LogP contribution in [-0.4, -0.2) is 17.8 Å². The largest absolute Gasteiger partial charge is 0.352 e. The van der Waals surface area contributed by atoms with E-state index in [-0.39, 0.29) is 16.5 Å². The molecule has 18 heavy (non-hydrogen) atoms. The molecule has 0 heterocycles. The summed E-state index contributed by atoms with van der Waals surface area (Å²) in [5.41, 5.74) is 0.0989. The maximum absolute atomic E-state index is 13.4. The van der Waals surface area contributed by atoms with E-state index in [2.05, 4.69) is 5.32 Å². The number of amides is 1. The second-order valence-corrected chi connectivity index (χ2v) is 4.75. The highest BCUT2D eigenvalue weighted by atomic mass is 35.5. The molecule has 100 valence electrons. The van der Waals surface area contributed by atoms with Gasteiger partial charge >= 0.3 is 0 Å². The summed E-state index contributed by atoms with van der Waals surface area (Å²) < 4.78 is 26.4. The molecule has 0 radical (unpaired) electrons. The Balaban J connectivity index is 2.64. The molecule has 0 spiro atoms. The number of nitrogens with one attached hydrogen (secondary N) is 1. The van der Waals surface area contributed by atoms with Crippen LogP contribution in [0.3, 0.4) is 0 Å². The number of rotatable bonds is 5. The quantitative estimate of drug-likeness (QED) is 0.820. The van der Waals surface area contributed by atoms with Crippen molar-refractivity contribution < 1.29 is 13.6 Å². The summed E-state index contributed by atoms with van der Waals surface area (Å²) >= 11 is 5.90. The molecular formula is C13H16ClF2NO. The Morgan fingerprint density at radius 1 is 1.39 bits per heavy atom. The van der Waals surface area contributed by atoms with Crippen LogP contribution in [0.5, 0.6) is 0 Å². The topological polar surface area (TPSA) is 29.1 Å². The van der Waals surface area contributed by atoms with Gasteiger partial charge in [0.15, 0.2) is 0 Å². The molecule has 0 bridgehead atoms. The van der Waals surface area contributed by atoms with Crippen molar-refractivity contribution in [2.24, 2.45) is 0 Å². The highest BCUT2D eigenvalue weighted by Gasteiger charge is 2.14. The van der Waals surface area contributed by atoms with Crippen molar-refractivity contribution in [3.05, 3.63) is 34.9 Å². The Hall–Kier alpha value is -1.16. The number of hydrogen-bond donors (Lipinski definition) is 1. The van der Waals surface area contributed by atoms with E-state index < -0.39 is 17.5 Å². The van der Waals surface area contributed by atoms with Gasteiger partial charge in [-0.25, -0.2) is 8.78 Å². The zero-order valence-electron chi connectivity index (χ0n) is 10.4. The van der Waals surface area contributed by atoms with Crippen LogP contribution in [0.25, 0.3) is 0 Å². The van der Waals surface area contributed by atoms with Gasteiger partial charge in [0.05, 0.1) is 5.56 Å². The molecule has 0 saturated heterocycles. The second-order valence-electron chi connectivity index (χ2n) is 4.13. The van der Waals surface area contributed by atoms with Crippen LogP contribution in [0.1, 0.15) is 35.7 Å². The molecular weight excluding hydrogens is 260 g/mol. The average Bonchev–Trinajstić information content (AvgIpc) is 2.33. The molecule has 5 heteroatoms. The minimum atomic E-state index is -0.853. The van der Waals surface area contributed by atoms with Gasteiger partial charge < -0.3 is 5.32 Å². The number of carbonyl (C=O) groups is 1. The van der Waals surface area contributed by atoms with Crippen LogP contribution >= 0.6 is 11.6 Å². The third-order valence-electron chi connectivity index (χ3n) is 2.68. The fraction of sp³-hybridized carbons (Fsp3) is 0.462. The minimum absolute atomic E-state index is 0.00917. The molecule has 1 rings (SSSR count). The molecule has 1 aromatic rings. The van der Waals surface area contributed by atoms with Gasteiger partial charge in [0.25, 0.3) is 5.91 Å². The van der Waals surface area contributed by atoms with Gasteiger partial charge in [-0.1, -0.05) is 6.92 Å². The Kier molecular flexibility index (Phi) is 5.54. The summed E-state index contributed by atoms with van der Waals surface area (Å²) in [6.45, 7) is 3.80. The summed E-state index contributed by atoms with van der Waals surface area (Å²) in [6, 6.07) is 1.93. The molecule has 0 aromatic heterocycles. The molecule has 1 atom stereocenters. The first-order chi connectivity index (χ1) is 8.45. The fourth-order valence-corrected chi connectivity index (χ4v) is 1.58. The Bertz CT molecular complexity index is 437. The summed E-state index contributed by atoms with van der Waals surface area (Å²) in [7, 11) is 0. The standard InChI is InChI=1S/C13H16ClF2NO/c1-3-9(14)4-5-17-13(18)10-6-8(2)11(15)7-12(10)16/h6-7,9H,3-5H2,1-2H3,(H,17,18). The van der Waals surface area contributed by atoms with Crippen molar-refractivity contribution in [3.63, 3.8) is 0 Å². The predicted molar refractivity (Wildman–Crippen MR) is 68.0 cm³/mol. The maximum atomic E-state index is 13.4. The Morgan fingerprint density at radius 3 is 2.67 bits per heavy atom. The van der Waals surface area contributed by atoms with E-state index in [0.717, 1.165) is 12.5 Å². The maximum Gasteiger partial charge on any atom is 0.254 e. The van der Waals surface area contributed by atoms with Gasteiger partial charge in [-0.2, -0.15) is 0 Å². The normalized spacial score (nSPS) is 12.3. The number of carbonyl (C=O) groups excluding carboxylic acids is 1. The number of benzene rings is 1. The molecule has 0 aliphatic heterocycles. The number of aryl methyl sites for hydroxylation is 1. The van der Waals surface area contributed by atoms with E-state index in [0.29, 0.717) is 13.0 Å². The van der Waals surface area contributed by atoms with Crippen LogP contribution in [0.2, 0.25) is 0 Å². The lowest BCUT2D eigenvalue weighted by Gasteiger charge is -2.09. The fourth-order valence-electron chi connectivity index (χ4n) is 1.47. The van der Waals surface area contributed by atoms with Crippen molar-refractivity contribution >= 4 is 17.5 Å². The number of halogens is 3. The van der Waals surface area contributed by atoms with E-state index in [9.17, 15) is 13.6 Å². The van der Waals surface area contributed by atoms with E-state index >= 15 is 0 Å². The van der Waals surface area contributed by atoms with Gasteiger partial charge in [-0.05, 0) is 31.4 Å². The van der Waals surface area contributed by atoms with Crippen LogP contribution in [0.15, 0.2) is 12.1 Å². The summed E-state index contributed by atoms with van der Waals surface area (Å²) in [6.07, 6.45) is 1.42. The van der Waals surface area contributed by atoms with Crippen molar-refractivity contribution in [2.45, 2.75) is 32.1 Å². The molecule has 0 aliphatic rings. The summed E-state index contributed by atoms with van der Waals surface area (Å²) in [5.74, 6) is -2.06. The second kappa shape index (κ2) is 6.69. The van der Waals surface area contributed by atoms with Crippen molar-refractivity contribution in [2.75, 3.05) is 6.54 Å². The van der Waals surface area contributed by atoms with Crippen molar-refractivity contribution in [1.29, 1.82) is 0 Å². The highest BCUT2D eigenvalue weighted by Crippen LogP contribution is 2.14. The molecule has 0 aliphatic carbocycles. The van der Waals surface area contributed by atoms with Crippen molar-refractivity contribution in [3.8, 4) is 0 Å². The zero-order valence-corrected chi connectivity index (χ0v) is 11.2. The highest BCUT2D eigenvalue weighted by molar-refractivity contribution is 6.20. The number of hydrogen-bond acceptors (Lipinski definition) is 1. The SMILES string of the molecule is CCC(Cl)CCNC(=O)c1cc(C)c(F)cc1F. The molecule has 0 fully saturated rings. The Labute approximate surface area is 110 Å². The average molecular weight is 276 g/mol. The van der Waals surface area contributed by atoms with E-state index in [1.165, 1.54) is 13.0 Å². The molecule has 1 aromatic carbocycles. The van der Waals surface area contributed by atoms with E-state index in [4.69, 9.17) is 11.6 Å². The first kappa shape index (κ1) is 14.9. The van der Waals surface area contributed by atoms with Crippen molar-refractivity contribution in [1.82, 2.24) is 5.32 Å². The Morgan fingerprint density at radius 2 is 2.06 bits per heavy atom. The van der Waals surface area contributed by atoms with Gasteiger partial charge in [0.2, 0.25) is 0 Å². The lowest BCUT2D eigenvalue weighted by molar-refractivity contribution is 0.0949. The van der Waals surface area contributed by atoms with E-state index in [1.807, 2.05) is 6.92 Å². The van der Waals surface area contributed by atoms with Gasteiger partial charge in [-0.3, -0.25) is 4.79 Å². The van der Waals surface area contributed by atoms with E-state index in [1.54, 1.807) is 0 Å². The first-order valence-electron chi connectivity index (χ1n) is 5.83. The van der Waals surface area contributed by atoms with Crippen LogP contribution in [0.4, 0.5) is 8.78 Å². The number of alkyl halides is 1. The van der Waals surface area contributed by atoms with Crippen LogP contribution in [-0.2, 0) is 0 Å². The zero-order chi connectivity index (χ0) is 13.7. The molecule has 1 N–H and O–H groups in total. The molecule has 2 nitrogen and oxygen atoms in total. The van der Waals surface area contributed by atoms with Gasteiger partial charge in [-0.15, -0.1) is 11.6 Å². The smallest absolute Gasteiger partial charge is 0.254 e. The first-order valence-corrected chi connectivity index (χ1v) is 6.27. The molecule has 1 unspecified atom stereocenters. The van der Waals surface area contributed by atoms with Crippen LogP contribution in [0, 0.1) is 18.6 Å². The minimum Gasteiger partial charge on any atom is -0.352 e. The monoisotopic (exact) mass is 275 g/mol. The summed E-state index contributed by atoms with van der Waals surface area (Å²) in [4.78, 5) is 11.7. The molecule has 1 amide bonds. The van der Waals surface area contributed by atoms with Crippen LogP contribution < -0.4 is 5.32 Å².